The predicted molar refractivity (Wildman–Crippen MR) is 122 cm³/mol. The first-order valence-electron chi connectivity index (χ1n) is 9.61. The summed E-state index contributed by atoms with van der Waals surface area (Å²) in [6.45, 7) is 3.58. The zero-order valence-corrected chi connectivity index (χ0v) is 19.2. The van der Waals surface area contributed by atoms with Crippen LogP contribution in [0.25, 0.3) is 0 Å². The van der Waals surface area contributed by atoms with Gasteiger partial charge in [-0.25, -0.2) is 4.79 Å². The van der Waals surface area contributed by atoms with Gasteiger partial charge in [-0.1, -0.05) is 65.1 Å². The van der Waals surface area contributed by atoms with E-state index in [1.54, 1.807) is 13.8 Å². The zero-order chi connectivity index (χ0) is 22.7. The van der Waals surface area contributed by atoms with Crippen molar-refractivity contribution in [3.8, 4) is 0 Å². The maximum Gasteiger partial charge on any atom is 0.333 e. The van der Waals surface area contributed by atoms with E-state index in [1.807, 2.05) is 30.3 Å². The molecule has 9 heteroatoms. The van der Waals surface area contributed by atoms with E-state index >= 15 is 0 Å². The van der Waals surface area contributed by atoms with Gasteiger partial charge in [0.05, 0.1) is 20.8 Å². The Morgan fingerprint density at radius 2 is 1.61 bits per heavy atom. The van der Waals surface area contributed by atoms with Crippen LogP contribution in [0.1, 0.15) is 19.4 Å². The molecule has 6 nitrogen and oxygen atoms in total. The Balaban J connectivity index is 1.89. The number of urea groups is 1. The van der Waals surface area contributed by atoms with Crippen molar-refractivity contribution >= 4 is 64.6 Å². The monoisotopic (exact) mass is 479 g/mol. The fraction of sp³-hybridized carbons (Fsp3) is 0.273. The normalized spacial score (nSPS) is 17.4. The Hall–Kier alpha value is -2.41. The summed E-state index contributed by atoms with van der Waals surface area (Å²) in [5, 5.41) is 0.723. The van der Waals surface area contributed by atoms with Crippen molar-refractivity contribution < 1.29 is 14.4 Å². The highest BCUT2D eigenvalue weighted by Gasteiger charge is 2.45. The van der Waals surface area contributed by atoms with Gasteiger partial charge in [-0.05, 0) is 38.0 Å². The number of carbonyl (C=O) groups is 3. The van der Waals surface area contributed by atoms with Crippen molar-refractivity contribution in [2.45, 2.75) is 26.3 Å². The molecule has 0 saturated carbocycles. The SMILES string of the molecule is CC(C)N1C(=O)C(C=Nc2cc(Cl)c(Cl)cc2Cl)C(=O)N(CCc2ccccc2)C1=O. The summed E-state index contributed by atoms with van der Waals surface area (Å²) in [5.74, 6) is -2.50. The third kappa shape index (κ3) is 5.09. The number of rotatable bonds is 6. The van der Waals surface area contributed by atoms with Crippen molar-refractivity contribution in [1.82, 2.24) is 9.80 Å². The van der Waals surface area contributed by atoms with E-state index in [2.05, 4.69) is 4.99 Å². The van der Waals surface area contributed by atoms with Crippen molar-refractivity contribution in [3.63, 3.8) is 0 Å². The molecule has 0 bridgehead atoms. The van der Waals surface area contributed by atoms with Gasteiger partial charge in [-0.3, -0.25) is 24.4 Å². The van der Waals surface area contributed by atoms with Crippen LogP contribution in [0.4, 0.5) is 10.5 Å². The first-order chi connectivity index (χ1) is 14.7. The zero-order valence-electron chi connectivity index (χ0n) is 16.9. The van der Waals surface area contributed by atoms with Gasteiger partial charge >= 0.3 is 6.03 Å². The molecule has 1 heterocycles. The summed E-state index contributed by atoms with van der Waals surface area (Å²) in [5.41, 5.74) is 1.24. The lowest BCUT2D eigenvalue weighted by Gasteiger charge is -2.37. The molecule has 0 aromatic heterocycles. The first kappa shape index (κ1) is 23.3. The molecule has 1 fully saturated rings. The van der Waals surface area contributed by atoms with E-state index in [9.17, 15) is 14.4 Å². The molecule has 1 atom stereocenters. The van der Waals surface area contributed by atoms with E-state index in [1.165, 1.54) is 18.3 Å². The van der Waals surface area contributed by atoms with Crippen LogP contribution in [0.5, 0.6) is 0 Å². The molecular weight excluding hydrogens is 461 g/mol. The van der Waals surface area contributed by atoms with E-state index in [4.69, 9.17) is 34.8 Å². The molecular formula is C22H20Cl3N3O3. The molecule has 0 spiro atoms. The van der Waals surface area contributed by atoms with Crippen molar-refractivity contribution in [1.29, 1.82) is 0 Å². The van der Waals surface area contributed by atoms with Crippen LogP contribution in [0.2, 0.25) is 15.1 Å². The average Bonchev–Trinajstić information content (AvgIpc) is 2.71. The second kappa shape index (κ2) is 9.81. The maximum atomic E-state index is 13.0. The number of hydrogen-bond acceptors (Lipinski definition) is 4. The molecule has 2 aromatic rings. The third-order valence-corrected chi connectivity index (χ3v) is 5.83. The van der Waals surface area contributed by atoms with Gasteiger partial charge in [-0.15, -0.1) is 0 Å². The van der Waals surface area contributed by atoms with Gasteiger partial charge in [0.25, 0.3) is 0 Å². The number of benzene rings is 2. The van der Waals surface area contributed by atoms with Crippen LogP contribution in [0, 0.1) is 5.92 Å². The van der Waals surface area contributed by atoms with Crippen LogP contribution in [-0.2, 0) is 16.0 Å². The fourth-order valence-electron chi connectivity index (χ4n) is 3.20. The van der Waals surface area contributed by atoms with Crippen LogP contribution in [0.15, 0.2) is 47.5 Å². The minimum atomic E-state index is -1.25. The smallest absolute Gasteiger partial charge is 0.273 e. The Labute approximate surface area is 195 Å². The standard InChI is InChI=1S/C22H20Cl3N3O3/c1-13(2)28-21(30)15(12-26-19-11-17(24)16(23)10-18(19)25)20(29)27(22(28)31)9-8-14-6-4-3-5-7-14/h3-7,10-13,15H,8-9H2,1-2H3. The number of imide groups is 2. The second-order valence-corrected chi connectivity index (χ2v) is 8.51. The van der Waals surface area contributed by atoms with Crippen molar-refractivity contribution in [2.24, 2.45) is 10.9 Å². The lowest BCUT2D eigenvalue weighted by molar-refractivity contribution is -0.146. The number of aliphatic imine (C=N–C) groups is 1. The highest BCUT2D eigenvalue weighted by atomic mass is 35.5. The number of hydrogen-bond donors (Lipinski definition) is 0. The van der Waals surface area contributed by atoms with Gasteiger partial charge in [0, 0.05) is 18.8 Å². The highest BCUT2D eigenvalue weighted by molar-refractivity contribution is 6.44. The largest absolute Gasteiger partial charge is 0.333 e. The minimum Gasteiger partial charge on any atom is -0.273 e. The van der Waals surface area contributed by atoms with Crippen LogP contribution in [0.3, 0.4) is 0 Å². The topological polar surface area (TPSA) is 70.1 Å². The molecule has 3 rings (SSSR count). The molecule has 2 aromatic carbocycles. The molecule has 0 aliphatic carbocycles. The molecule has 0 radical (unpaired) electrons. The van der Waals surface area contributed by atoms with Crippen LogP contribution < -0.4 is 0 Å². The quantitative estimate of drug-likeness (QED) is 0.315. The van der Waals surface area contributed by atoms with E-state index in [0.29, 0.717) is 6.42 Å². The van der Waals surface area contributed by atoms with Crippen LogP contribution in [-0.4, -0.2) is 46.4 Å². The Morgan fingerprint density at radius 1 is 0.968 bits per heavy atom. The molecule has 0 N–H and O–H groups in total. The van der Waals surface area contributed by atoms with Gasteiger partial charge in [0.2, 0.25) is 11.8 Å². The number of amides is 4. The molecule has 4 amide bonds. The molecule has 31 heavy (non-hydrogen) atoms. The minimum absolute atomic E-state index is 0.149. The fourth-order valence-corrected chi connectivity index (χ4v) is 3.79. The lowest BCUT2D eigenvalue weighted by atomic mass is 10.0. The lowest BCUT2D eigenvalue weighted by Crippen LogP contribution is -2.62. The summed E-state index contributed by atoms with van der Waals surface area (Å²) < 4.78 is 0. The Kier molecular flexibility index (Phi) is 7.36. The molecule has 1 aliphatic rings. The second-order valence-electron chi connectivity index (χ2n) is 7.28. The highest BCUT2D eigenvalue weighted by Crippen LogP contribution is 2.34. The summed E-state index contributed by atoms with van der Waals surface area (Å²) in [4.78, 5) is 45.2. The molecule has 162 valence electrons. The third-order valence-electron chi connectivity index (χ3n) is 4.81. The predicted octanol–water partition coefficient (Wildman–Crippen LogP) is 5.41. The average molecular weight is 481 g/mol. The maximum absolute atomic E-state index is 13.0. The van der Waals surface area contributed by atoms with Gasteiger partial charge in [-0.2, -0.15) is 0 Å². The summed E-state index contributed by atoms with van der Waals surface area (Å²) >= 11 is 18.1. The van der Waals surface area contributed by atoms with E-state index < -0.39 is 29.8 Å². The van der Waals surface area contributed by atoms with E-state index in [0.717, 1.165) is 15.4 Å². The number of barbiturate groups is 1. The van der Waals surface area contributed by atoms with Gasteiger partial charge < -0.3 is 0 Å². The number of halogens is 3. The van der Waals surface area contributed by atoms with E-state index in [-0.39, 0.29) is 27.3 Å². The van der Waals surface area contributed by atoms with Crippen molar-refractivity contribution in [2.75, 3.05) is 6.54 Å². The molecule has 1 aliphatic heterocycles. The van der Waals surface area contributed by atoms with Gasteiger partial charge in [0.15, 0.2) is 5.92 Å². The van der Waals surface area contributed by atoms with Crippen molar-refractivity contribution in [3.05, 3.63) is 63.1 Å². The summed E-state index contributed by atoms with van der Waals surface area (Å²) in [7, 11) is 0. The number of nitrogens with zero attached hydrogens (tertiary/aromatic N) is 3. The van der Waals surface area contributed by atoms with Crippen LogP contribution >= 0.6 is 34.8 Å². The Bertz CT molecular complexity index is 1040. The molecule has 1 saturated heterocycles. The van der Waals surface area contributed by atoms with Gasteiger partial charge in [0.1, 0.15) is 0 Å². The summed E-state index contributed by atoms with van der Waals surface area (Å²) in [6.07, 6.45) is 1.67. The molecule has 1 unspecified atom stereocenters. The first-order valence-corrected chi connectivity index (χ1v) is 10.7. The number of carbonyl (C=O) groups excluding carboxylic acids is 3. The summed E-state index contributed by atoms with van der Waals surface area (Å²) in [6, 6.07) is 11.3. The Morgan fingerprint density at radius 3 is 2.26 bits per heavy atom.